The Labute approximate surface area is 193 Å². The Kier molecular flexibility index (Phi) is 6.19. The summed E-state index contributed by atoms with van der Waals surface area (Å²) in [5, 5.41) is 6.86. The molecule has 1 aromatic heterocycles. The molecule has 1 atom stereocenters. The van der Waals surface area contributed by atoms with Crippen molar-refractivity contribution in [1.29, 1.82) is 0 Å². The van der Waals surface area contributed by atoms with Crippen molar-refractivity contribution in [3.05, 3.63) is 80.8 Å². The van der Waals surface area contributed by atoms with Gasteiger partial charge in [0.2, 0.25) is 0 Å². The van der Waals surface area contributed by atoms with Gasteiger partial charge in [-0.05, 0) is 41.5 Å². The number of benzene rings is 3. The molecule has 0 fully saturated rings. The molecule has 6 nitrogen and oxygen atoms in total. The van der Waals surface area contributed by atoms with Crippen LogP contribution in [0.25, 0.3) is 21.7 Å². The summed E-state index contributed by atoms with van der Waals surface area (Å²) in [7, 11) is 0. The maximum absolute atomic E-state index is 13.4. The van der Waals surface area contributed by atoms with Gasteiger partial charge in [-0.25, -0.2) is 4.98 Å². The molecule has 0 unspecified atom stereocenters. The summed E-state index contributed by atoms with van der Waals surface area (Å²) in [5.41, 5.74) is 0.998. The van der Waals surface area contributed by atoms with Crippen molar-refractivity contribution in [2.75, 3.05) is 0 Å². The number of nitrogens with zero attached hydrogens (tertiary/aromatic N) is 3. The predicted molar refractivity (Wildman–Crippen MR) is 131 cm³/mol. The maximum atomic E-state index is 13.4. The van der Waals surface area contributed by atoms with Gasteiger partial charge in [-0.3, -0.25) is 9.59 Å². The van der Waals surface area contributed by atoms with Crippen LogP contribution in [0.5, 0.6) is 5.75 Å². The maximum Gasteiger partial charge on any atom is 0.308 e. The van der Waals surface area contributed by atoms with Crippen LogP contribution in [0.4, 0.5) is 0 Å². The van der Waals surface area contributed by atoms with E-state index in [2.05, 4.69) is 21.0 Å². The number of fused-ring (bicyclic) bond motifs is 2. The van der Waals surface area contributed by atoms with Crippen molar-refractivity contribution in [2.24, 2.45) is 5.10 Å². The van der Waals surface area contributed by atoms with Gasteiger partial charge in [0.1, 0.15) is 11.6 Å². The first kappa shape index (κ1) is 21.9. The summed E-state index contributed by atoms with van der Waals surface area (Å²) in [6.45, 7) is 5.41. The highest BCUT2D eigenvalue weighted by molar-refractivity contribution is 9.10. The van der Waals surface area contributed by atoms with E-state index in [1.54, 1.807) is 18.3 Å². The summed E-state index contributed by atoms with van der Waals surface area (Å²) < 4.78 is 7.56. The molecule has 0 amide bonds. The van der Waals surface area contributed by atoms with Crippen molar-refractivity contribution in [3.63, 3.8) is 0 Å². The first-order chi connectivity index (χ1) is 15.4. The molecule has 3 aromatic carbocycles. The molecule has 0 saturated heterocycles. The van der Waals surface area contributed by atoms with E-state index in [0.29, 0.717) is 28.0 Å². The molecule has 0 aliphatic rings. The Morgan fingerprint density at radius 1 is 1.19 bits per heavy atom. The molecule has 4 rings (SSSR count). The number of hydrogen-bond donors (Lipinski definition) is 0. The molecule has 7 heteroatoms. The number of ether oxygens (including phenoxy) is 1. The lowest BCUT2D eigenvalue weighted by atomic mass is 10.0. The lowest BCUT2D eigenvalue weighted by molar-refractivity contribution is -0.131. The standard InChI is InChI=1S/C25H22BrN3O3/c1-4-15(2)24-28-22-11-10-18(26)13-20(22)25(31)29(24)27-14-21-19-8-6-5-7-17(19)9-12-23(21)32-16(3)30/h5-15H,4H2,1-3H3/t15-/m0/s1. The Hall–Kier alpha value is -3.32. The Morgan fingerprint density at radius 2 is 1.97 bits per heavy atom. The monoisotopic (exact) mass is 491 g/mol. The Bertz CT molecular complexity index is 1430. The van der Waals surface area contributed by atoms with Crippen molar-refractivity contribution in [2.45, 2.75) is 33.1 Å². The van der Waals surface area contributed by atoms with E-state index in [1.807, 2.05) is 56.3 Å². The Balaban J connectivity index is 1.96. The average Bonchev–Trinajstić information content (AvgIpc) is 2.78. The SMILES string of the molecule is CC[C@H](C)c1nc2ccc(Br)cc2c(=O)n1N=Cc1c(OC(C)=O)ccc2ccccc12. The summed E-state index contributed by atoms with van der Waals surface area (Å²) in [4.78, 5) is 29.8. The molecule has 162 valence electrons. The largest absolute Gasteiger partial charge is 0.426 e. The number of halogens is 1. The number of rotatable bonds is 5. The van der Waals surface area contributed by atoms with Gasteiger partial charge in [-0.15, -0.1) is 0 Å². The van der Waals surface area contributed by atoms with Crippen molar-refractivity contribution < 1.29 is 9.53 Å². The molecule has 32 heavy (non-hydrogen) atoms. The second kappa shape index (κ2) is 9.04. The number of carbonyl (C=O) groups excluding carboxylic acids is 1. The van der Waals surface area contributed by atoms with Gasteiger partial charge < -0.3 is 4.74 Å². The van der Waals surface area contributed by atoms with E-state index in [-0.39, 0.29) is 11.5 Å². The number of esters is 1. The highest BCUT2D eigenvalue weighted by atomic mass is 79.9. The van der Waals surface area contributed by atoms with E-state index < -0.39 is 5.97 Å². The zero-order valence-corrected chi connectivity index (χ0v) is 19.6. The summed E-state index contributed by atoms with van der Waals surface area (Å²) >= 11 is 3.42. The first-order valence-corrected chi connectivity index (χ1v) is 11.1. The minimum atomic E-state index is -0.426. The third-order valence-corrected chi connectivity index (χ3v) is 5.87. The summed E-state index contributed by atoms with van der Waals surface area (Å²) in [6.07, 6.45) is 2.37. The summed E-state index contributed by atoms with van der Waals surface area (Å²) in [5.74, 6) is 0.561. The van der Waals surface area contributed by atoms with E-state index in [1.165, 1.54) is 11.6 Å². The van der Waals surface area contributed by atoms with Crippen LogP contribution in [0.3, 0.4) is 0 Å². The van der Waals surface area contributed by atoms with Crippen molar-refractivity contribution in [1.82, 2.24) is 9.66 Å². The average molecular weight is 492 g/mol. The van der Waals surface area contributed by atoms with Gasteiger partial charge in [-0.2, -0.15) is 9.78 Å². The van der Waals surface area contributed by atoms with Crippen LogP contribution >= 0.6 is 15.9 Å². The van der Waals surface area contributed by atoms with Crippen LogP contribution in [0.1, 0.15) is 44.5 Å². The molecule has 0 N–H and O–H groups in total. The highest BCUT2D eigenvalue weighted by Gasteiger charge is 2.16. The van der Waals surface area contributed by atoms with Gasteiger partial charge in [0.25, 0.3) is 5.56 Å². The molecule has 1 heterocycles. The minimum absolute atomic E-state index is 0.0216. The van der Waals surface area contributed by atoms with Crippen LogP contribution in [-0.4, -0.2) is 21.8 Å². The molecule has 0 radical (unpaired) electrons. The second-order valence-electron chi connectivity index (χ2n) is 7.59. The van der Waals surface area contributed by atoms with Crippen molar-refractivity contribution in [3.8, 4) is 5.75 Å². The van der Waals surface area contributed by atoms with Crippen LogP contribution < -0.4 is 10.3 Å². The molecule has 0 aliphatic heterocycles. The minimum Gasteiger partial charge on any atom is -0.426 e. The lowest BCUT2D eigenvalue weighted by Gasteiger charge is -2.14. The Morgan fingerprint density at radius 3 is 2.72 bits per heavy atom. The lowest BCUT2D eigenvalue weighted by Crippen LogP contribution is -2.23. The normalized spacial score (nSPS) is 12.5. The third kappa shape index (κ3) is 4.21. The van der Waals surface area contributed by atoms with Gasteiger partial charge >= 0.3 is 5.97 Å². The van der Waals surface area contributed by atoms with Crippen LogP contribution in [0.15, 0.2) is 69.0 Å². The third-order valence-electron chi connectivity index (χ3n) is 5.37. The van der Waals surface area contributed by atoms with E-state index in [0.717, 1.165) is 21.7 Å². The van der Waals surface area contributed by atoms with Crippen LogP contribution in [0, 0.1) is 0 Å². The molecule has 0 spiro atoms. The second-order valence-corrected chi connectivity index (χ2v) is 8.51. The van der Waals surface area contributed by atoms with Gasteiger partial charge in [0.15, 0.2) is 0 Å². The molecule has 4 aromatic rings. The molecular formula is C25H22BrN3O3. The smallest absolute Gasteiger partial charge is 0.308 e. The van der Waals surface area contributed by atoms with E-state index >= 15 is 0 Å². The van der Waals surface area contributed by atoms with Gasteiger partial charge in [0.05, 0.1) is 17.1 Å². The zero-order chi connectivity index (χ0) is 22.8. The number of carbonyl (C=O) groups is 1. The molecular weight excluding hydrogens is 470 g/mol. The molecule has 0 saturated carbocycles. The fourth-order valence-corrected chi connectivity index (χ4v) is 3.91. The zero-order valence-electron chi connectivity index (χ0n) is 18.0. The van der Waals surface area contributed by atoms with E-state index in [9.17, 15) is 9.59 Å². The number of hydrogen-bond acceptors (Lipinski definition) is 5. The summed E-state index contributed by atoms with van der Waals surface area (Å²) in [6, 6.07) is 16.8. The van der Waals surface area contributed by atoms with Gasteiger partial charge in [-0.1, -0.05) is 60.1 Å². The molecule has 0 aliphatic carbocycles. The topological polar surface area (TPSA) is 73.6 Å². The number of aromatic nitrogens is 2. The predicted octanol–water partition coefficient (Wildman–Crippen LogP) is 5.63. The first-order valence-electron chi connectivity index (χ1n) is 10.4. The fourth-order valence-electron chi connectivity index (χ4n) is 3.55. The quantitative estimate of drug-likeness (QED) is 0.206. The van der Waals surface area contributed by atoms with Gasteiger partial charge in [0, 0.05) is 22.9 Å². The fraction of sp³-hybridized carbons (Fsp3) is 0.200. The van der Waals surface area contributed by atoms with E-state index in [4.69, 9.17) is 9.72 Å². The van der Waals surface area contributed by atoms with Crippen LogP contribution in [0.2, 0.25) is 0 Å². The highest BCUT2D eigenvalue weighted by Crippen LogP contribution is 2.27. The van der Waals surface area contributed by atoms with Crippen molar-refractivity contribution >= 4 is 49.8 Å². The van der Waals surface area contributed by atoms with Crippen LogP contribution in [-0.2, 0) is 4.79 Å². The molecule has 0 bridgehead atoms.